The maximum absolute atomic E-state index is 13.9. The van der Waals surface area contributed by atoms with E-state index in [4.69, 9.17) is 4.74 Å². The van der Waals surface area contributed by atoms with Gasteiger partial charge in [0.2, 0.25) is 0 Å². The van der Waals surface area contributed by atoms with Gasteiger partial charge in [-0.2, -0.15) is 5.10 Å². The summed E-state index contributed by atoms with van der Waals surface area (Å²) in [6, 6.07) is 3.39. The van der Waals surface area contributed by atoms with Crippen LogP contribution in [-0.4, -0.2) is 52.0 Å². The first-order valence-electron chi connectivity index (χ1n) is 9.37. The summed E-state index contributed by atoms with van der Waals surface area (Å²) in [5.41, 5.74) is -0.697. The predicted molar refractivity (Wildman–Crippen MR) is 98.3 cm³/mol. The van der Waals surface area contributed by atoms with Gasteiger partial charge in [-0.05, 0) is 31.9 Å². The molecule has 0 spiro atoms. The molecule has 2 heterocycles. The molecule has 1 fully saturated rings. The molecule has 1 aromatic heterocycles. The van der Waals surface area contributed by atoms with Crippen molar-refractivity contribution < 1.29 is 18.3 Å². The van der Waals surface area contributed by atoms with Gasteiger partial charge in [0.25, 0.3) is 5.91 Å². The highest BCUT2D eigenvalue weighted by Crippen LogP contribution is 2.27. The molecule has 1 aromatic carbocycles. The molecule has 9 heteroatoms. The van der Waals surface area contributed by atoms with Crippen LogP contribution >= 0.6 is 0 Å². The van der Waals surface area contributed by atoms with Gasteiger partial charge in [-0.1, -0.05) is 6.07 Å². The lowest BCUT2D eigenvalue weighted by Gasteiger charge is -2.31. The Morgan fingerprint density at radius 1 is 1.25 bits per heavy atom. The smallest absolute Gasteiger partial charge is 0.345 e. The molecular weight excluding hydrogens is 370 g/mol. The van der Waals surface area contributed by atoms with E-state index in [1.165, 1.54) is 15.6 Å². The van der Waals surface area contributed by atoms with Crippen molar-refractivity contribution in [2.45, 2.75) is 38.8 Å². The molecule has 0 atom stereocenters. The van der Waals surface area contributed by atoms with Gasteiger partial charge in [0.1, 0.15) is 23.0 Å². The maximum atomic E-state index is 13.9. The molecule has 0 radical (unpaired) electrons. The van der Waals surface area contributed by atoms with Gasteiger partial charge >= 0.3 is 5.69 Å². The van der Waals surface area contributed by atoms with E-state index in [2.05, 4.69) is 5.10 Å². The number of amides is 1. The largest absolute Gasteiger partial charge is 0.383 e. The standard InChI is InChI=1S/C19H24F2N4O3/c1-3-24-17(22-25(19(24)27)11-12-28-2)13-7-9-23(10-8-13)18(26)16-14(20)5-4-6-15(16)21/h4-6,13H,3,7-12H2,1-2H3. The minimum Gasteiger partial charge on any atom is -0.383 e. The first-order valence-corrected chi connectivity index (χ1v) is 9.37. The normalized spacial score (nSPS) is 15.2. The van der Waals surface area contributed by atoms with Crippen LogP contribution in [0.3, 0.4) is 0 Å². The number of carbonyl (C=O) groups excluding carboxylic acids is 1. The van der Waals surface area contributed by atoms with Crippen LogP contribution in [0.2, 0.25) is 0 Å². The maximum Gasteiger partial charge on any atom is 0.345 e. The second-order valence-corrected chi connectivity index (χ2v) is 6.76. The molecule has 1 aliphatic heterocycles. The minimum atomic E-state index is -0.858. The number of likely N-dealkylation sites (tertiary alicyclic amines) is 1. The van der Waals surface area contributed by atoms with E-state index in [-0.39, 0.29) is 11.6 Å². The number of piperidine rings is 1. The summed E-state index contributed by atoms with van der Waals surface area (Å²) >= 11 is 0. The average molecular weight is 394 g/mol. The third-order valence-corrected chi connectivity index (χ3v) is 5.10. The van der Waals surface area contributed by atoms with Crippen molar-refractivity contribution in [3.05, 3.63) is 51.7 Å². The summed E-state index contributed by atoms with van der Waals surface area (Å²) in [7, 11) is 1.56. The highest BCUT2D eigenvalue weighted by Gasteiger charge is 2.30. The molecule has 28 heavy (non-hydrogen) atoms. The monoisotopic (exact) mass is 394 g/mol. The number of benzene rings is 1. The number of nitrogens with zero attached hydrogens (tertiary/aromatic N) is 4. The molecule has 0 unspecified atom stereocenters. The SMILES string of the molecule is CCn1c(C2CCN(C(=O)c3c(F)cccc3F)CC2)nn(CCOC)c1=O. The van der Waals surface area contributed by atoms with E-state index in [9.17, 15) is 18.4 Å². The van der Waals surface area contributed by atoms with Gasteiger partial charge in [0, 0.05) is 32.7 Å². The summed E-state index contributed by atoms with van der Waals surface area (Å²) in [6.07, 6.45) is 1.14. The van der Waals surface area contributed by atoms with Crippen LogP contribution in [-0.2, 0) is 17.8 Å². The fourth-order valence-electron chi connectivity index (χ4n) is 3.58. The van der Waals surface area contributed by atoms with Gasteiger partial charge < -0.3 is 9.64 Å². The molecule has 0 saturated carbocycles. The van der Waals surface area contributed by atoms with E-state index < -0.39 is 23.1 Å². The fraction of sp³-hybridized carbons (Fsp3) is 0.526. The second-order valence-electron chi connectivity index (χ2n) is 6.76. The zero-order valence-electron chi connectivity index (χ0n) is 16.0. The van der Waals surface area contributed by atoms with Crippen LogP contribution in [0.25, 0.3) is 0 Å². The number of hydrogen-bond acceptors (Lipinski definition) is 4. The summed E-state index contributed by atoms with van der Waals surface area (Å²) in [6.45, 7) is 3.84. The van der Waals surface area contributed by atoms with E-state index in [0.717, 1.165) is 12.1 Å². The first kappa shape index (κ1) is 20.2. The Labute approximate surface area is 161 Å². The van der Waals surface area contributed by atoms with Crippen LogP contribution in [0, 0.1) is 11.6 Å². The highest BCUT2D eigenvalue weighted by atomic mass is 19.1. The van der Waals surface area contributed by atoms with Crippen LogP contribution in [0.4, 0.5) is 8.78 Å². The Morgan fingerprint density at radius 3 is 2.46 bits per heavy atom. The topological polar surface area (TPSA) is 69.4 Å². The van der Waals surface area contributed by atoms with Crippen molar-refractivity contribution >= 4 is 5.91 Å². The number of hydrogen-bond donors (Lipinski definition) is 0. The van der Waals surface area contributed by atoms with Gasteiger partial charge in [0.15, 0.2) is 0 Å². The van der Waals surface area contributed by atoms with Crippen molar-refractivity contribution in [1.29, 1.82) is 0 Å². The summed E-state index contributed by atoms with van der Waals surface area (Å²) in [4.78, 5) is 26.5. The van der Waals surface area contributed by atoms with Gasteiger partial charge in [-0.15, -0.1) is 0 Å². The summed E-state index contributed by atoms with van der Waals surface area (Å²) < 4.78 is 35.8. The predicted octanol–water partition coefficient (Wildman–Crippen LogP) is 2.01. The summed E-state index contributed by atoms with van der Waals surface area (Å²) in [5, 5.41) is 4.46. The third kappa shape index (κ3) is 3.84. The van der Waals surface area contributed by atoms with Crippen LogP contribution in [0.15, 0.2) is 23.0 Å². The Kier molecular flexibility index (Phi) is 6.23. The average Bonchev–Trinajstić information content (AvgIpc) is 3.01. The summed E-state index contributed by atoms with van der Waals surface area (Å²) in [5.74, 6) is -1.67. The van der Waals surface area contributed by atoms with Gasteiger partial charge in [0.05, 0.1) is 13.2 Å². The Bertz CT molecular complexity index is 881. The van der Waals surface area contributed by atoms with Crippen LogP contribution in [0.1, 0.15) is 41.9 Å². The molecule has 0 N–H and O–H groups in total. The van der Waals surface area contributed by atoms with Crippen molar-refractivity contribution in [2.24, 2.45) is 0 Å². The lowest BCUT2D eigenvalue weighted by Crippen LogP contribution is -2.39. The zero-order valence-corrected chi connectivity index (χ0v) is 16.0. The van der Waals surface area contributed by atoms with E-state index in [0.29, 0.717) is 51.5 Å². The van der Waals surface area contributed by atoms with Crippen molar-refractivity contribution in [2.75, 3.05) is 26.8 Å². The lowest BCUT2D eigenvalue weighted by molar-refractivity contribution is 0.0700. The number of carbonyl (C=O) groups is 1. The van der Waals surface area contributed by atoms with Gasteiger partial charge in [-0.3, -0.25) is 9.36 Å². The molecule has 1 saturated heterocycles. The molecule has 0 aliphatic carbocycles. The van der Waals surface area contributed by atoms with Crippen LogP contribution in [0.5, 0.6) is 0 Å². The number of halogens is 2. The van der Waals surface area contributed by atoms with Crippen molar-refractivity contribution in [1.82, 2.24) is 19.2 Å². The molecule has 0 bridgehead atoms. The number of methoxy groups -OCH3 is 1. The number of ether oxygens (including phenoxy) is 1. The van der Waals surface area contributed by atoms with E-state index in [1.54, 1.807) is 11.7 Å². The molecular formula is C19H24F2N4O3. The molecule has 1 amide bonds. The second kappa shape index (κ2) is 8.64. The molecule has 3 rings (SSSR count). The fourth-order valence-corrected chi connectivity index (χ4v) is 3.58. The molecule has 152 valence electrons. The zero-order chi connectivity index (χ0) is 20.3. The Hall–Kier alpha value is -2.55. The highest BCUT2D eigenvalue weighted by molar-refractivity contribution is 5.94. The molecule has 7 nitrogen and oxygen atoms in total. The number of aromatic nitrogens is 3. The van der Waals surface area contributed by atoms with Crippen molar-refractivity contribution in [3.63, 3.8) is 0 Å². The first-order chi connectivity index (χ1) is 13.5. The minimum absolute atomic E-state index is 0.00552. The third-order valence-electron chi connectivity index (χ3n) is 5.10. The van der Waals surface area contributed by atoms with E-state index >= 15 is 0 Å². The van der Waals surface area contributed by atoms with Crippen molar-refractivity contribution in [3.8, 4) is 0 Å². The Balaban J connectivity index is 1.74. The molecule has 1 aliphatic rings. The Morgan fingerprint density at radius 2 is 1.89 bits per heavy atom. The molecule has 2 aromatic rings. The quantitative estimate of drug-likeness (QED) is 0.752. The van der Waals surface area contributed by atoms with Crippen LogP contribution < -0.4 is 5.69 Å². The van der Waals surface area contributed by atoms with Gasteiger partial charge in [-0.25, -0.2) is 18.3 Å². The number of rotatable bonds is 6. The van der Waals surface area contributed by atoms with E-state index in [1.807, 2.05) is 6.92 Å². The lowest BCUT2D eigenvalue weighted by atomic mass is 9.95.